The Hall–Kier alpha value is -0.450. The van der Waals surface area contributed by atoms with Crippen LogP contribution in [0.1, 0.15) is 30.8 Å². The highest BCUT2D eigenvalue weighted by Crippen LogP contribution is 2.21. The highest BCUT2D eigenvalue weighted by atomic mass is 32.1. The van der Waals surface area contributed by atoms with Crippen molar-refractivity contribution in [1.82, 2.24) is 15.2 Å². The molecule has 4 heteroatoms. The molecule has 1 saturated heterocycles. The van der Waals surface area contributed by atoms with Crippen LogP contribution in [-0.4, -0.2) is 36.1 Å². The van der Waals surface area contributed by atoms with Crippen LogP contribution < -0.4 is 5.32 Å². The Labute approximate surface area is 95.5 Å². The van der Waals surface area contributed by atoms with Crippen LogP contribution in [0.15, 0.2) is 11.6 Å². The normalized spacial score (nSPS) is 23.5. The lowest BCUT2D eigenvalue weighted by atomic mass is 10.2. The van der Waals surface area contributed by atoms with Crippen molar-refractivity contribution in [3.8, 4) is 0 Å². The number of nitrogens with one attached hydrogen (secondary N) is 1. The van der Waals surface area contributed by atoms with Gasteiger partial charge in [0.25, 0.3) is 0 Å². The summed E-state index contributed by atoms with van der Waals surface area (Å²) in [5.41, 5.74) is 0. The molecule has 0 radical (unpaired) electrons. The number of hydrogen-bond acceptors (Lipinski definition) is 4. The van der Waals surface area contributed by atoms with Crippen LogP contribution >= 0.6 is 11.3 Å². The Kier molecular flexibility index (Phi) is 3.72. The van der Waals surface area contributed by atoms with Crippen molar-refractivity contribution in [2.75, 3.05) is 20.1 Å². The van der Waals surface area contributed by atoms with Gasteiger partial charge in [-0.05, 0) is 33.4 Å². The van der Waals surface area contributed by atoms with Crippen LogP contribution in [0.3, 0.4) is 0 Å². The zero-order chi connectivity index (χ0) is 10.7. The molecule has 0 saturated carbocycles. The summed E-state index contributed by atoms with van der Waals surface area (Å²) in [6.07, 6.45) is 4.53. The van der Waals surface area contributed by atoms with E-state index in [4.69, 9.17) is 0 Å². The van der Waals surface area contributed by atoms with Crippen LogP contribution in [0.2, 0.25) is 0 Å². The van der Waals surface area contributed by atoms with Gasteiger partial charge in [-0.15, -0.1) is 11.3 Å². The summed E-state index contributed by atoms with van der Waals surface area (Å²) < 4.78 is 0. The van der Waals surface area contributed by atoms with Crippen molar-refractivity contribution >= 4 is 11.3 Å². The third-order valence-corrected chi connectivity index (χ3v) is 4.09. The molecule has 1 aromatic heterocycles. The van der Waals surface area contributed by atoms with Crippen LogP contribution in [-0.2, 0) is 0 Å². The average molecular weight is 225 g/mol. The first-order chi connectivity index (χ1) is 7.27. The first kappa shape index (κ1) is 11.0. The van der Waals surface area contributed by atoms with Gasteiger partial charge in [0.2, 0.25) is 0 Å². The number of thiazole rings is 1. The lowest BCUT2D eigenvalue weighted by Crippen LogP contribution is -2.36. The standard InChI is InChI=1S/C11H19N3S/c1-9(11-13-6-7-15-11)14(2)8-10-4-3-5-12-10/h6-7,9-10,12H,3-5,8H2,1-2H3. The summed E-state index contributed by atoms with van der Waals surface area (Å²) in [7, 11) is 2.19. The van der Waals surface area contributed by atoms with E-state index in [1.807, 2.05) is 11.6 Å². The van der Waals surface area contributed by atoms with Crippen LogP contribution in [0, 0.1) is 0 Å². The summed E-state index contributed by atoms with van der Waals surface area (Å²) in [5.74, 6) is 0. The van der Waals surface area contributed by atoms with E-state index in [0.717, 1.165) is 6.54 Å². The van der Waals surface area contributed by atoms with Crippen molar-refractivity contribution in [3.63, 3.8) is 0 Å². The fourth-order valence-electron chi connectivity index (χ4n) is 2.05. The molecule has 1 aromatic rings. The molecule has 0 aromatic carbocycles. The molecular weight excluding hydrogens is 206 g/mol. The minimum Gasteiger partial charge on any atom is -0.313 e. The van der Waals surface area contributed by atoms with E-state index in [9.17, 15) is 0 Å². The van der Waals surface area contributed by atoms with Crippen LogP contribution in [0.25, 0.3) is 0 Å². The Morgan fingerprint density at radius 1 is 1.73 bits per heavy atom. The molecule has 2 rings (SSSR count). The van der Waals surface area contributed by atoms with E-state index in [0.29, 0.717) is 12.1 Å². The molecule has 1 aliphatic heterocycles. The van der Waals surface area contributed by atoms with Crippen molar-refractivity contribution in [2.45, 2.75) is 31.8 Å². The average Bonchev–Trinajstić information content (AvgIpc) is 2.88. The smallest absolute Gasteiger partial charge is 0.109 e. The minimum atomic E-state index is 0.437. The van der Waals surface area contributed by atoms with Crippen molar-refractivity contribution in [2.24, 2.45) is 0 Å². The minimum absolute atomic E-state index is 0.437. The molecule has 84 valence electrons. The molecule has 1 aliphatic rings. The Bertz CT molecular complexity index is 280. The monoisotopic (exact) mass is 225 g/mol. The number of nitrogens with zero attached hydrogens (tertiary/aromatic N) is 2. The molecule has 0 bridgehead atoms. The topological polar surface area (TPSA) is 28.2 Å². The van der Waals surface area contributed by atoms with E-state index in [2.05, 4.69) is 29.2 Å². The number of rotatable bonds is 4. The molecule has 15 heavy (non-hydrogen) atoms. The van der Waals surface area contributed by atoms with E-state index in [1.165, 1.54) is 24.4 Å². The van der Waals surface area contributed by atoms with Gasteiger partial charge >= 0.3 is 0 Å². The maximum absolute atomic E-state index is 4.37. The van der Waals surface area contributed by atoms with Gasteiger partial charge in [-0.2, -0.15) is 0 Å². The highest BCUT2D eigenvalue weighted by Gasteiger charge is 2.20. The second-order valence-corrected chi connectivity index (χ2v) is 5.21. The van der Waals surface area contributed by atoms with Gasteiger partial charge in [-0.1, -0.05) is 0 Å². The zero-order valence-corrected chi connectivity index (χ0v) is 10.3. The van der Waals surface area contributed by atoms with E-state index in [1.54, 1.807) is 11.3 Å². The maximum Gasteiger partial charge on any atom is 0.109 e. The molecule has 2 atom stereocenters. The second kappa shape index (κ2) is 5.05. The lowest BCUT2D eigenvalue weighted by molar-refractivity contribution is 0.238. The SMILES string of the molecule is CC(c1nccs1)N(C)CC1CCCN1. The van der Waals surface area contributed by atoms with Gasteiger partial charge in [0, 0.05) is 24.2 Å². The summed E-state index contributed by atoms with van der Waals surface area (Å²) in [5, 5.41) is 6.80. The lowest BCUT2D eigenvalue weighted by Gasteiger charge is -2.26. The first-order valence-corrected chi connectivity index (χ1v) is 6.48. The maximum atomic E-state index is 4.37. The molecule has 3 nitrogen and oxygen atoms in total. The zero-order valence-electron chi connectivity index (χ0n) is 9.44. The Morgan fingerprint density at radius 2 is 2.60 bits per heavy atom. The molecule has 0 amide bonds. The molecule has 2 heterocycles. The van der Waals surface area contributed by atoms with Crippen LogP contribution in [0.4, 0.5) is 0 Å². The van der Waals surface area contributed by atoms with E-state index in [-0.39, 0.29) is 0 Å². The third-order valence-electron chi connectivity index (χ3n) is 3.14. The third kappa shape index (κ3) is 2.77. The molecule has 0 spiro atoms. The molecule has 2 unspecified atom stereocenters. The van der Waals surface area contributed by atoms with E-state index < -0.39 is 0 Å². The number of aromatic nitrogens is 1. The first-order valence-electron chi connectivity index (χ1n) is 5.60. The summed E-state index contributed by atoms with van der Waals surface area (Å²) in [6, 6.07) is 1.12. The summed E-state index contributed by atoms with van der Waals surface area (Å²) >= 11 is 1.74. The fraction of sp³-hybridized carbons (Fsp3) is 0.727. The van der Waals surface area contributed by atoms with Gasteiger partial charge in [-0.25, -0.2) is 4.98 Å². The fourth-order valence-corrected chi connectivity index (χ4v) is 2.81. The number of likely N-dealkylation sites (N-methyl/N-ethyl adjacent to an activating group) is 1. The van der Waals surface area contributed by atoms with Gasteiger partial charge in [0.1, 0.15) is 5.01 Å². The van der Waals surface area contributed by atoms with E-state index >= 15 is 0 Å². The largest absolute Gasteiger partial charge is 0.313 e. The Balaban J connectivity index is 1.87. The van der Waals surface area contributed by atoms with Crippen LogP contribution in [0.5, 0.6) is 0 Å². The van der Waals surface area contributed by atoms with Gasteiger partial charge in [0.05, 0.1) is 6.04 Å². The second-order valence-electron chi connectivity index (χ2n) is 4.28. The highest BCUT2D eigenvalue weighted by molar-refractivity contribution is 7.09. The molecule has 1 fully saturated rings. The number of hydrogen-bond donors (Lipinski definition) is 1. The van der Waals surface area contributed by atoms with Crippen molar-refractivity contribution in [1.29, 1.82) is 0 Å². The molecule has 1 N–H and O–H groups in total. The Morgan fingerprint density at radius 3 is 3.20 bits per heavy atom. The van der Waals surface area contributed by atoms with Crippen molar-refractivity contribution < 1.29 is 0 Å². The van der Waals surface area contributed by atoms with Gasteiger partial charge < -0.3 is 5.32 Å². The summed E-state index contributed by atoms with van der Waals surface area (Å²) in [6.45, 7) is 4.54. The molecular formula is C11H19N3S. The summed E-state index contributed by atoms with van der Waals surface area (Å²) in [4.78, 5) is 6.76. The van der Waals surface area contributed by atoms with Gasteiger partial charge in [0.15, 0.2) is 0 Å². The molecule has 0 aliphatic carbocycles. The predicted molar refractivity (Wildman–Crippen MR) is 64.2 cm³/mol. The van der Waals surface area contributed by atoms with Gasteiger partial charge in [-0.3, -0.25) is 4.90 Å². The predicted octanol–water partition coefficient (Wildman–Crippen LogP) is 1.89. The van der Waals surface area contributed by atoms with Crippen molar-refractivity contribution in [3.05, 3.63) is 16.6 Å². The quantitative estimate of drug-likeness (QED) is 0.848.